The molecule has 1 fully saturated rings. The van der Waals surface area contributed by atoms with Crippen molar-refractivity contribution in [2.75, 3.05) is 11.5 Å². The van der Waals surface area contributed by atoms with Crippen LogP contribution in [0.15, 0.2) is 59.3 Å². The lowest BCUT2D eigenvalue weighted by Gasteiger charge is -2.50. The van der Waals surface area contributed by atoms with Crippen molar-refractivity contribution >= 4 is 57.6 Å². The lowest BCUT2D eigenvalue weighted by Crippen LogP contribution is -2.71. The molecule has 0 saturated carbocycles. The normalized spacial score (nSPS) is 22.7. The minimum Gasteiger partial charge on any atom is -0.543 e. The van der Waals surface area contributed by atoms with Crippen LogP contribution in [0.2, 0.25) is 0 Å². The van der Waals surface area contributed by atoms with Crippen molar-refractivity contribution in [2.24, 2.45) is 5.16 Å². The first-order valence-electron chi connectivity index (χ1n) is 11.9. The second-order valence-corrected chi connectivity index (χ2v) is 10.8. The van der Waals surface area contributed by atoms with Gasteiger partial charge in [0, 0.05) is 28.9 Å². The molecule has 0 aromatic carbocycles. The summed E-state index contributed by atoms with van der Waals surface area (Å²) in [7, 11) is 0. The largest absolute Gasteiger partial charge is 0.543 e. The van der Waals surface area contributed by atoms with E-state index in [9.17, 15) is 19.5 Å². The van der Waals surface area contributed by atoms with E-state index in [1.54, 1.807) is 29.2 Å². The molecule has 200 valence electrons. The zero-order valence-corrected chi connectivity index (χ0v) is 21.8. The van der Waals surface area contributed by atoms with Crippen LogP contribution in [-0.2, 0) is 25.8 Å². The number of aliphatic carboxylic acids is 1. The van der Waals surface area contributed by atoms with Gasteiger partial charge in [0.15, 0.2) is 11.3 Å². The summed E-state index contributed by atoms with van der Waals surface area (Å²) in [5.74, 6) is -2.48. The molecule has 14 nitrogen and oxygen atoms in total. The molecule has 39 heavy (non-hydrogen) atoms. The van der Waals surface area contributed by atoms with Gasteiger partial charge in [-0.25, -0.2) is 4.57 Å². The number of nitrogens with two attached hydrogens (primary N) is 1. The third kappa shape index (κ3) is 4.61. The van der Waals surface area contributed by atoms with Crippen LogP contribution in [0.1, 0.15) is 18.7 Å². The molecular formula is C23H21N9O5S2. The Bertz CT molecular complexity index is 1580. The number of β-lactam (4-membered cyclic amide) rings is 1. The van der Waals surface area contributed by atoms with Crippen LogP contribution < -0.4 is 20.7 Å². The average molecular weight is 568 g/mol. The standard InChI is InChI=1S/C23H21N9O5S2/c24-23-27-18(29-39-23)15(28-37-13-4-1-2-5-13)19(33)26-16-20(34)32-17(22(35)36)12(11-38-21(16)32)10-30-8-9-31-14(30)6-3-7-25-31/h1,3-4,6-9,13,16,21H,2,5,10-11H2,(H3-,24,26,27,29,33,35,36)/b28-15-/t13?,16-,21-/m1/s1. The number of anilines is 1. The van der Waals surface area contributed by atoms with Gasteiger partial charge in [-0.1, -0.05) is 16.3 Å². The Balaban J connectivity index is 1.21. The van der Waals surface area contributed by atoms with Gasteiger partial charge in [-0.05, 0) is 25.0 Å². The summed E-state index contributed by atoms with van der Waals surface area (Å²) in [6.45, 7) is 0.229. The van der Waals surface area contributed by atoms with E-state index in [1.807, 2.05) is 22.8 Å². The molecule has 1 unspecified atom stereocenters. The number of carboxylic acid groups (broad SMARTS) is 1. The van der Waals surface area contributed by atoms with Gasteiger partial charge in [-0.3, -0.25) is 14.5 Å². The molecule has 0 spiro atoms. The molecule has 2 aliphatic heterocycles. The number of nitrogens with zero attached hydrogens (tertiary/aromatic N) is 7. The second-order valence-electron chi connectivity index (χ2n) is 8.90. The SMILES string of the molecule is Nc1nc(/C(=N/OC2C=CCC2)C(=O)N[C@@H]2C(=O)N3C(C(=O)[O-])=C(C[n+]4ccn5ncccc54)CS[C@H]23)ns1. The number of hydrogen-bond donors (Lipinski definition) is 2. The maximum absolute atomic E-state index is 13.2. The molecule has 3 atom stereocenters. The monoisotopic (exact) mass is 567 g/mol. The highest BCUT2D eigenvalue weighted by Gasteiger charge is 2.53. The number of carbonyl (C=O) groups excluding carboxylic acids is 3. The number of thioether (sulfide) groups is 1. The Morgan fingerprint density at radius 3 is 3.00 bits per heavy atom. The molecular weight excluding hydrogens is 546 g/mol. The summed E-state index contributed by atoms with van der Waals surface area (Å²) in [6, 6.07) is 2.64. The molecule has 2 amide bonds. The number of rotatable bonds is 8. The van der Waals surface area contributed by atoms with E-state index in [4.69, 9.17) is 10.6 Å². The Hall–Kier alpha value is -4.31. The molecule has 16 heteroatoms. The third-order valence-corrected chi connectivity index (χ3v) is 8.33. The number of nitrogen functional groups attached to an aromatic ring is 1. The molecule has 3 N–H and O–H groups in total. The Morgan fingerprint density at radius 1 is 1.38 bits per heavy atom. The highest BCUT2D eigenvalue weighted by molar-refractivity contribution is 8.00. The lowest BCUT2D eigenvalue weighted by atomic mass is 10.0. The van der Waals surface area contributed by atoms with Gasteiger partial charge in [0.05, 0.1) is 17.9 Å². The van der Waals surface area contributed by atoms with Crippen LogP contribution in [0.25, 0.3) is 5.65 Å². The first-order chi connectivity index (χ1) is 18.9. The van der Waals surface area contributed by atoms with Crippen LogP contribution in [0, 0.1) is 0 Å². The van der Waals surface area contributed by atoms with Crippen molar-refractivity contribution in [3.8, 4) is 0 Å². The summed E-state index contributed by atoms with van der Waals surface area (Å²) < 4.78 is 7.55. The summed E-state index contributed by atoms with van der Waals surface area (Å²) in [6.07, 6.45) is 10.2. The van der Waals surface area contributed by atoms with Crippen LogP contribution >= 0.6 is 23.3 Å². The predicted molar refractivity (Wildman–Crippen MR) is 137 cm³/mol. The number of carbonyl (C=O) groups is 3. The zero-order valence-electron chi connectivity index (χ0n) is 20.2. The predicted octanol–water partition coefficient (Wildman–Crippen LogP) is -1.40. The van der Waals surface area contributed by atoms with Gasteiger partial charge in [-0.2, -0.15) is 9.36 Å². The van der Waals surface area contributed by atoms with Crippen LogP contribution in [0.3, 0.4) is 0 Å². The Morgan fingerprint density at radius 2 is 2.26 bits per heavy atom. The molecule has 5 heterocycles. The fourth-order valence-electron chi connectivity index (χ4n) is 4.61. The summed E-state index contributed by atoms with van der Waals surface area (Å²) in [5.41, 5.74) is 6.54. The smallest absolute Gasteiger partial charge is 0.307 e. The number of fused-ring (bicyclic) bond motifs is 2. The van der Waals surface area contributed by atoms with E-state index in [1.165, 1.54) is 11.8 Å². The van der Waals surface area contributed by atoms with Gasteiger partial charge in [0.2, 0.25) is 11.5 Å². The zero-order chi connectivity index (χ0) is 27.1. The van der Waals surface area contributed by atoms with Crippen LogP contribution in [-0.4, -0.2) is 70.6 Å². The Labute approximate surface area is 229 Å². The lowest BCUT2D eigenvalue weighted by molar-refractivity contribution is -0.662. The fourth-order valence-corrected chi connectivity index (χ4v) is 6.38. The van der Waals surface area contributed by atoms with Crippen molar-refractivity contribution in [1.29, 1.82) is 0 Å². The summed E-state index contributed by atoms with van der Waals surface area (Å²) >= 11 is 2.24. The van der Waals surface area contributed by atoms with Gasteiger partial charge in [0.25, 0.3) is 11.8 Å². The second kappa shape index (κ2) is 10.1. The van der Waals surface area contributed by atoms with Gasteiger partial charge in [0.1, 0.15) is 30.3 Å². The van der Waals surface area contributed by atoms with Crippen molar-refractivity contribution in [3.63, 3.8) is 0 Å². The quantitative estimate of drug-likeness (QED) is 0.108. The third-order valence-electron chi connectivity index (χ3n) is 6.44. The average Bonchev–Trinajstić information content (AvgIpc) is 3.69. The van der Waals surface area contributed by atoms with Crippen molar-refractivity contribution < 1.29 is 28.9 Å². The molecule has 0 radical (unpaired) electrons. The van der Waals surface area contributed by atoms with E-state index in [0.29, 0.717) is 17.7 Å². The molecule has 1 aliphatic carbocycles. The van der Waals surface area contributed by atoms with Crippen molar-refractivity contribution in [1.82, 2.24) is 29.2 Å². The first-order valence-corrected chi connectivity index (χ1v) is 13.7. The van der Waals surface area contributed by atoms with E-state index in [0.717, 1.165) is 28.5 Å². The summed E-state index contributed by atoms with van der Waals surface area (Å²) in [5, 5.41) is 22.5. The number of carboxylic acids is 1. The van der Waals surface area contributed by atoms with E-state index >= 15 is 0 Å². The van der Waals surface area contributed by atoms with Gasteiger partial charge < -0.3 is 25.8 Å². The van der Waals surface area contributed by atoms with Crippen molar-refractivity contribution in [3.05, 3.63) is 60.0 Å². The molecule has 3 aromatic heterocycles. The number of hydrogen-bond acceptors (Lipinski definition) is 12. The molecule has 1 saturated heterocycles. The number of amides is 2. The van der Waals surface area contributed by atoms with Crippen LogP contribution in [0.5, 0.6) is 0 Å². The molecule has 3 aromatic rings. The Kier molecular flexibility index (Phi) is 6.48. The highest BCUT2D eigenvalue weighted by atomic mass is 32.2. The van der Waals surface area contributed by atoms with Crippen LogP contribution in [0.4, 0.5) is 5.13 Å². The number of aromatic nitrogens is 5. The maximum Gasteiger partial charge on any atom is 0.307 e. The minimum absolute atomic E-state index is 0.0270. The number of imidazole rings is 1. The van der Waals surface area contributed by atoms with E-state index in [-0.39, 0.29) is 35.0 Å². The minimum atomic E-state index is -1.46. The topological polar surface area (TPSA) is 184 Å². The number of oxime groups is 1. The highest BCUT2D eigenvalue weighted by Crippen LogP contribution is 2.40. The first kappa shape index (κ1) is 25.0. The number of nitrogens with one attached hydrogen (secondary N) is 1. The fraction of sp³-hybridized carbons (Fsp3) is 0.304. The van der Waals surface area contributed by atoms with Gasteiger partial charge >= 0.3 is 5.65 Å². The number of allylic oxidation sites excluding steroid dienone is 1. The van der Waals surface area contributed by atoms with E-state index < -0.39 is 29.2 Å². The maximum atomic E-state index is 13.2. The summed E-state index contributed by atoms with van der Waals surface area (Å²) in [4.78, 5) is 49.2. The van der Waals surface area contributed by atoms with E-state index in [2.05, 4.69) is 24.9 Å². The molecule has 0 bridgehead atoms. The molecule has 3 aliphatic rings. The molecule has 6 rings (SSSR count). The van der Waals surface area contributed by atoms with Crippen molar-refractivity contribution in [2.45, 2.75) is 36.9 Å². The van der Waals surface area contributed by atoms with Gasteiger partial charge in [-0.15, -0.1) is 16.3 Å².